The third-order valence-corrected chi connectivity index (χ3v) is 2.22. The normalized spacial score (nSPS) is 9.94. The molecule has 0 atom stereocenters. The van der Waals surface area contributed by atoms with E-state index in [-0.39, 0.29) is 10.8 Å². The van der Waals surface area contributed by atoms with Crippen LogP contribution in [0.25, 0.3) is 0 Å². The van der Waals surface area contributed by atoms with Gasteiger partial charge in [-0.15, -0.1) is 0 Å². The van der Waals surface area contributed by atoms with Crippen molar-refractivity contribution in [2.24, 2.45) is 0 Å². The van der Waals surface area contributed by atoms with Crippen LogP contribution in [-0.2, 0) is 0 Å². The molecule has 1 aromatic heterocycles. The molecular weight excluding hydrogens is 242 g/mol. The van der Waals surface area contributed by atoms with E-state index in [1.165, 1.54) is 12.3 Å². The van der Waals surface area contributed by atoms with Crippen molar-refractivity contribution in [3.63, 3.8) is 0 Å². The standard InChI is InChI=1S/C11H8ClN3O2/c12-11-13-6-5-9(15-11)14-8-4-2-1-3-7(8)10(16)17/h1-6H,(H,16,17)(H,13,14,15)/p-1. The summed E-state index contributed by atoms with van der Waals surface area (Å²) in [5, 5.41) is 13.8. The van der Waals surface area contributed by atoms with Gasteiger partial charge < -0.3 is 15.2 Å². The monoisotopic (exact) mass is 248 g/mol. The summed E-state index contributed by atoms with van der Waals surface area (Å²) in [6, 6.07) is 7.96. The highest BCUT2D eigenvalue weighted by Gasteiger charge is 2.03. The van der Waals surface area contributed by atoms with Crippen molar-refractivity contribution in [1.29, 1.82) is 0 Å². The van der Waals surface area contributed by atoms with Crippen molar-refractivity contribution in [2.75, 3.05) is 5.32 Å². The number of halogens is 1. The molecule has 0 aliphatic rings. The van der Waals surface area contributed by atoms with Crippen LogP contribution in [0.5, 0.6) is 0 Å². The molecule has 0 aliphatic heterocycles. The maximum absolute atomic E-state index is 10.9. The lowest BCUT2D eigenvalue weighted by Crippen LogP contribution is -2.23. The van der Waals surface area contributed by atoms with E-state index in [4.69, 9.17) is 11.6 Å². The van der Waals surface area contributed by atoms with Crippen LogP contribution in [0.1, 0.15) is 10.4 Å². The number of aromatic carboxylic acids is 1. The highest BCUT2D eigenvalue weighted by molar-refractivity contribution is 6.28. The number of hydrogen-bond donors (Lipinski definition) is 1. The molecular formula is C11H7ClN3O2-. The van der Waals surface area contributed by atoms with E-state index in [0.717, 1.165) is 0 Å². The zero-order valence-corrected chi connectivity index (χ0v) is 9.31. The van der Waals surface area contributed by atoms with Crippen LogP contribution in [0.15, 0.2) is 36.5 Å². The molecule has 1 N–H and O–H groups in total. The summed E-state index contributed by atoms with van der Waals surface area (Å²) >= 11 is 5.62. The van der Waals surface area contributed by atoms with Crippen LogP contribution in [0, 0.1) is 0 Å². The SMILES string of the molecule is O=C([O-])c1ccccc1Nc1ccnc(Cl)n1. The van der Waals surface area contributed by atoms with Crippen molar-refractivity contribution in [2.45, 2.75) is 0 Å². The van der Waals surface area contributed by atoms with Crippen molar-refractivity contribution in [3.05, 3.63) is 47.4 Å². The van der Waals surface area contributed by atoms with Gasteiger partial charge in [0.05, 0.1) is 5.97 Å². The maximum atomic E-state index is 10.9. The fourth-order valence-corrected chi connectivity index (χ4v) is 1.46. The highest BCUT2D eigenvalue weighted by atomic mass is 35.5. The largest absolute Gasteiger partial charge is 0.545 e. The number of carbonyl (C=O) groups is 1. The van der Waals surface area contributed by atoms with E-state index < -0.39 is 5.97 Å². The highest BCUT2D eigenvalue weighted by Crippen LogP contribution is 2.19. The number of hydrogen-bond acceptors (Lipinski definition) is 5. The smallest absolute Gasteiger partial charge is 0.224 e. The molecule has 0 bridgehead atoms. The third-order valence-electron chi connectivity index (χ3n) is 2.04. The van der Waals surface area contributed by atoms with Gasteiger partial charge in [-0.3, -0.25) is 0 Å². The number of nitrogens with zero attached hydrogens (tertiary/aromatic N) is 2. The molecule has 0 aliphatic carbocycles. The zero-order valence-electron chi connectivity index (χ0n) is 8.55. The predicted octanol–water partition coefficient (Wildman–Crippen LogP) is 1.24. The molecule has 1 heterocycles. The minimum atomic E-state index is -1.26. The van der Waals surface area contributed by atoms with Gasteiger partial charge >= 0.3 is 0 Å². The fourth-order valence-electron chi connectivity index (χ4n) is 1.31. The Hall–Kier alpha value is -2.14. The quantitative estimate of drug-likeness (QED) is 0.827. The molecule has 2 rings (SSSR count). The molecule has 86 valence electrons. The van der Waals surface area contributed by atoms with Gasteiger partial charge in [0, 0.05) is 17.4 Å². The van der Waals surface area contributed by atoms with Gasteiger partial charge in [-0.2, -0.15) is 0 Å². The van der Waals surface area contributed by atoms with Crippen LogP contribution in [-0.4, -0.2) is 15.9 Å². The molecule has 0 saturated carbocycles. The first kappa shape index (κ1) is 11.3. The van der Waals surface area contributed by atoms with Gasteiger partial charge in [0.2, 0.25) is 5.28 Å². The second-order valence-electron chi connectivity index (χ2n) is 3.17. The first-order valence-corrected chi connectivity index (χ1v) is 5.10. The Balaban J connectivity index is 2.33. The molecule has 0 fully saturated rings. The number of para-hydroxylation sites is 1. The minimum Gasteiger partial charge on any atom is -0.545 e. The number of anilines is 2. The number of carbonyl (C=O) groups excluding carboxylic acids is 1. The first-order valence-electron chi connectivity index (χ1n) is 4.73. The Kier molecular flexibility index (Phi) is 3.20. The van der Waals surface area contributed by atoms with Gasteiger partial charge in [0.1, 0.15) is 5.82 Å². The Morgan fingerprint density at radius 3 is 2.76 bits per heavy atom. The van der Waals surface area contributed by atoms with E-state index in [1.807, 2.05) is 0 Å². The molecule has 1 aromatic carbocycles. The van der Waals surface area contributed by atoms with Crippen LogP contribution in [0.3, 0.4) is 0 Å². The van der Waals surface area contributed by atoms with Crippen molar-refractivity contribution >= 4 is 29.1 Å². The summed E-state index contributed by atoms with van der Waals surface area (Å²) in [4.78, 5) is 18.5. The molecule has 5 nitrogen and oxygen atoms in total. The van der Waals surface area contributed by atoms with Crippen LogP contribution in [0.2, 0.25) is 5.28 Å². The maximum Gasteiger partial charge on any atom is 0.224 e. The molecule has 0 amide bonds. The van der Waals surface area contributed by atoms with Crippen molar-refractivity contribution in [1.82, 2.24) is 9.97 Å². The molecule has 6 heteroatoms. The number of nitrogens with one attached hydrogen (secondary N) is 1. The van der Waals surface area contributed by atoms with E-state index >= 15 is 0 Å². The molecule has 2 aromatic rings. The van der Waals surface area contributed by atoms with Gasteiger partial charge in [0.25, 0.3) is 0 Å². The number of benzene rings is 1. The summed E-state index contributed by atoms with van der Waals surface area (Å²) in [5.41, 5.74) is 0.449. The first-order chi connectivity index (χ1) is 8.16. The summed E-state index contributed by atoms with van der Waals surface area (Å²) in [7, 11) is 0. The lowest BCUT2D eigenvalue weighted by Gasteiger charge is -2.11. The van der Waals surface area contributed by atoms with Crippen LogP contribution in [0.4, 0.5) is 11.5 Å². The average molecular weight is 249 g/mol. The van der Waals surface area contributed by atoms with E-state index in [9.17, 15) is 9.90 Å². The van der Waals surface area contributed by atoms with Crippen molar-refractivity contribution < 1.29 is 9.90 Å². The lowest BCUT2D eigenvalue weighted by atomic mass is 10.2. The lowest BCUT2D eigenvalue weighted by molar-refractivity contribution is -0.254. The average Bonchev–Trinajstić information content (AvgIpc) is 2.29. The topological polar surface area (TPSA) is 77.9 Å². The van der Waals surface area contributed by atoms with Gasteiger partial charge in [-0.05, 0) is 23.7 Å². The van der Waals surface area contributed by atoms with Gasteiger partial charge in [-0.1, -0.05) is 18.2 Å². The molecule has 0 saturated heterocycles. The second-order valence-corrected chi connectivity index (χ2v) is 3.51. The van der Waals surface area contributed by atoms with Crippen LogP contribution >= 0.6 is 11.6 Å². The van der Waals surface area contributed by atoms with E-state index in [0.29, 0.717) is 11.5 Å². The minimum absolute atomic E-state index is 0.0576. The summed E-state index contributed by atoms with van der Waals surface area (Å²) < 4.78 is 0. The summed E-state index contributed by atoms with van der Waals surface area (Å²) in [6.45, 7) is 0. The Labute approximate surface area is 102 Å². The number of aromatic nitrogens is 2. The van der Waals surface area contributed by atoms with E-state index in [2.05, 4.69) is 15.3 Å². The number of rotatable bonds is 3. The Morgan fingerprint density at radius 2 is 2.06 bits per heavy atom. The summed E-state index contributed by atoms with van der Waals surface area (Å²) in [5.74, 6) is -0.841. The molecule has 17 heavy (non-hydrogen) atoms. The van der Waals surface area contributed by atoms with Crippen LogP contribution < -0.4 is 10.4 Å². The van der Waals surface area contributed by atoms with Gasteiger partial charge in [-0.25, -0.2) is 9.97 Å². The van der Waals surface area contributed by atoms with Crippen molar-refractivity contribution in [3.8, 4) is 0 Å². The number of carboxylic acids is 1. The molecule has 0 spiro atoms. The third kappa shape index (κ3) is 2.70. The Morgan fingerprint density at radius 1 is 1.29 bits per heavy atom. The molecule has 0 radical (unpaired) electrons. The summed E-state index contributed by atoms with van der Waals surface area (Å²) in [6.07, 6.45) is 1.47. The Bertz CT molecular complexity index is 560. The van der Waals surface area contributed by atoms with Gasteiger partial charge in [0.15, 0.2) is 0 Å². The predicted molar refractivity (Wildman–Crippen MR) is 61.1 cm³/mol. The molecule has 0 unspecified atom stereocenters. The van der Waals surface area contributed by atoms with E-state index in [1.54, 1.807) is 24.3 Å². The fraction of sp³-hybridized carbons (Fsp3) is 0. The zero-order chi connectivity index (χ0) is 12.3. The number of carboxylic acid groups (broad SMARTS) is 1. The second kappa shape index (κ2) is 4.80.